The van der Waals surface area contributed by atoms with Gasteiger partial charge >= 0.3 is 5.97 Å². The second-order valence-corrected chi connectivity index (χ2v) is 7.81. The van der Waals surface area contributed by atoms with Crippen LogP contribution in [-0.2, 0) is 16.0 Å². The van der Waals surface area contributed by atoms with Gasteiger partial charge in [-0.05, 0) is 11.6 Å². The van der Waals surface area contributed by atoms with Crippen LogP contribution in [0.15, 0.2) is 42.5 Å². The topological polar surface area (TPSA) is 85.1 Å². The van der Waals surface area contributed by atoms with Crippen LogP contribution >= 0.6 is 11.6 Å². The Morgan fingerprint density at radius 1 is 1.30 bits per heavy atom. The van der Waals surface area contributed by atoms with Gasteiger partial charge in [0.05, 0.1) is 41.4 Å². The van der Waals surface area contributed by atoms with Gasteiger partial charge in [-0.1, -0.05) is 41.9 Å². The Hall–Kier alpha value is -2.68. The number of fused-ring (bicyclic) bond motifs is 1. The molecule has 2 saturated heterocycles. The maximum Gasteiger partial charge on any atom is 0.339 e. The molecule has 2 aliphatic rings. The molecule has 30 heavy (non-hydrogen) atoms. The molecule has 0 aliphatic carbocycles. The first-order valence-corrected chi connectivity index (χ1v) is 10.1. The summed E-state index contributed by atoms with van der Waals surface area (Å²) in [5.41, 5.74) is 1.41. The smallest absolute Gasteiger partial charge is 0.339 e. The predicted octanol–water partition coefficient (Wildman–Crippen LogP) is 3.12. The lowest BCUT2D eigenvalue weighted by Gasteiger charge is -2.36. The Kier molecular flexibility index (Phi) is 5.90. The van der Waals surface area contributed by atoms with Crippen LogP contribution in [0.4, 0.5) is 11.4 Å². The van der Waals surface area contributed by atoms with Crippen molar-refractivity contribution in [1.29, 1.82) is 0 Å². The fourth-order valence-corrected chi connectivity index (χ4v) is 4.42. The largest absolute Gasteiger partial charge is 0.465 e. The highest BCUT2D eigenvalue weighted by Gasteiger charge is 2.42. The lowest BCUT2D eigenvalue weighted by molar-refractivity contribution is -0.384. The molecule has 0 radical (unpaired) electrons. The van der Waals surface area contributed by atoms with E-state index >= 15 is 0 Å². The number of hydrogen-bond acceptors (Lipinski definition) is 7. The van der Waals surface area contributed by atoms with Gasteiger partial charge in [-0.15, -0.1) is 0 Å². The second-order valence-electron chi connectivity index (χ2n) is 7.41. The van der Waals surface area contributed by atoms with Crippen LogP contribution in [0.25, 0.3) is 0 Å². The lowest BCUT2D eigenvalue weighted by Crippen LogP contribution is -2.50. The van der Waals surface area contributed by atoms with E-state index in [-0.39, 0.29) is 28.4 Å². The molecule has 2 heterocycles. The number of esters is 1. The summed E-state index contributed by atoms with van der Waals surface area (Å²) in [7, 11) is 1.21. The van der Waals surface area contributed by atoms with Gasteiger partial charge in [0.1, 0.15) is 5.69 Å². The number of nitro groups is 1. The third kappa shape index (κ3) is 3.98. The molecule has 8 nitrogen and oxygen atoms in total. The van der Waals surface area contributed by atoms with E-state index in [1.807, 2.05) is 23.1 Å². The van der Waals surface area contributed by atoms with E-state index in [2.05, 4.69) is 21.8 Å². The molecule has 0 spiro atoms. The number of rotatable bonds is 5. The van der Waals surface area contributed by atoms with Gasteiger partial charge in [-0.25, -0.2) is 4.79 Å². The third-order valence-electron chi connectivity index (χ3n) is 5.65. The normalized spacial score (nSPS) is 21.3. The van der Waals surface area contributed by atoms with E-state index in [1.165, 1.54) is 24.8 Å². The number of benzene rings is 2. The van der Waals surface area contributed by atoms with Crippen molar-refractivity contribution in [2.75, 3.05) is 38.3 Å². The van der Waals surface area contributed by atoms with Crippen LogP contribution in [0.2, 0.25) is 5.02 Å². The minimum absolute atomic E-state index is 0.0202. The standard InChI is InChI=1S/C21H22ClN3O5/c1-29-21(26)15-9-18(25(27)28)17(10-16(15)22)24-12-19-20(13-24)30-8-7-23(19)11-14-5-3-2-4-6-14/h2-6,9-10,19-20H,7-8,11-13H2,1H3. The minimum atomic E-state index is -0.706. The fraction of sp³-hybridized carbons (Fsp3) is 0.381. The van der Waals surface area contributed by atoms with Crippen molar-refractivity contribution in [2.24, 2.45) is 0 Å². The first-order chi connectivity index (χ1) is 14.5. The third-order valence-corrected chi connectivity index (χ3v) is 5.96. The van der Waals surface area contributed by atoms with Crippen LogP contribution in [0, 0.1) is 10.1 Å². The highest BCUT2D eigenvalue weighted by atomic mass is 35.5. The summed E-state index contributed by atoms with van der Waals surface area (Å²) in [6.45, 7) is 3.31. The molecule has 158 valence electrons. The number of carbonyl (C=O) groups is 1. The molecule has 0 amide bonds. The molecule has 9 heteroatoms. The molecule has 2 atom stereocenters. The van der Waals surface area contributed by atoms with Gasteiger partial charge in [-0.2, -0.15) is 0 Å². The summed E-state index contributed by atoms with van der Waals surface area (Å²) in [5, 5.41) is 11.8. The molecule has 2 aliphatic heterocycles. The van der Waals surface area contributed by atoms with Gasteiger partial charge in [0.25, 0.3) is 5.69 Å². The van der Waals surface area contributed by atoms with E-state index in [0.717, 1.165) is 13.1 Å². The number of morpholine rings is 1. The zero-order valence-corrected chi connectivity index (χ0v) is 17.2. The summed E-state index contributed by atoms with van der Waals surface area (Å²) >= 11 is 6.26. The molecule has 0 saturated carbocycles. The van der Waals surface area contributed by atoms with E-state index in [4.69, 9.17) is 16.3 Å². The van der Waals surface area contributed by atoms with E-state index in [1.54, 1.807) is 0 Å². The highest BCUT2D eigenvalue weighted by Crippen LogP contribution is 2.37. The Labute approximate surface area is 179 Å². The van der Waals surface area contributed by atoms with Crippen molar-refractivity contribution in [1.82, 2.24) is 4.90 Å². The maximum atomic E-state index is 11.9. The number of anilines is 1. The summed E-state index contributed by atoms with van der Waals surface area (Å²) in [5.74, 6) is -0.706. The van der Waals surface area contributed by atoms with Crippen molar-refractivity contribution < 1.29 is 19.2 Å². The van der Waals surface area contributed by atoms with Crippen molar-refractivity contribution in [3.05, 3.63) is 68.7 Å². The number of methoxy groups -OCH3 is 1. The van der Waals surface area contributed by atoms with Crippen LogP contribution in [0.3, 0.4) is 0 Å². The van der Waals surface area contributed by atoms with E-state index in [0.29, 0.717) is 25.4 Å². The SMILES string of the molecule is COC(=O)c1cc([N+](=O)[O-])c(N2CC3OCCN(Cc4ccccc4)C3C2)cc1Cl. The number of nitro benzene ring substituents is 1. The zero-order chi connectivity index (χ0) is 21.3. The molecule has 2 aromatic rings. The fourth-order valence-electron chi connectivity index (χ4n) is 4.19. The minimum Gasteiger partial charge on any atom is -0.465 e. The molecular formula is C21H22ClN3O5. The molecule has 4 rings (SSSR count). The van der Waals surface area contributed by atoms with Crippen LogP contribution in [0.1, 0.15) is 15.9 Å². The van der Waals surface area contributed by atoms with E-state index in [9.17, 15) is 14.9 Å². The van der Waals surface area contributed by atoms with Crippen LogP contribution in [0.5, 0.6) is 0 Å². The molecule has 2 aromatic carbocycles. The first kappa shape index (κ1) is 20.6. The maximum absolute atomic E-state index is 11.9. The van der Waals surface area contributed by atoms with Crippen molar-refractivity contribution >= 4 is 28.9 Å². The first-order valence-electron chi connectivity index (χ1n) is 9.68. The summed E-state index contributed by atoms with van der Waals surface area (Å²) in [6.07, 6.45) is -0.0545. The predicted molar refractivity (Wildman–Crippen MR) is 112 cm³/mol. The van der Waals surface area contributed by atoms with E-state index < -0.39 is 10.9 Å². The van der Waals surface area contributed by atoms with Crippen LogP contribution in [-0.4, -0.2) is 61.3 Å². The highest BCUT2D eigenvalue weighted by molar-refractivity contribution is 6.34. The van der Waals surface area contributed by atoms with Gasteiger partial charge in [0.15, 0.2) is 0 Å². The molecule has 2 unspecified atom stereocenters. The summed E-state index contributed by atoms with van der Waals surface area (Å²) in [4.78, 5) is 27.4. The number of ether oxygens (including phenoxy) is 2. The monoisotopic (exact) mass is 431 g/mol. The van der Waals surface area contributed by atoms with Crippen molar-refractivity contribution in [2.45, 2.75) is 18.7 Å². The number of nitrogens with zero attached hydrogens (tertiary/aromatic N) is 3. The average molecular weight is 432 g/mol. The zero-order valence-electron chi connectivity index (χ0n) is 16.5. The molecule has 0 aromatic heterocycles. The quantitative estimate of drug-likeness (QED) is 0.408. The van der Waals surface area contributed by atoms with Gasteiger partial charge in [0.2, 0.25) is 0 Å². The Morgan fingerprint density at radius 2 is 2.07 bits per heavy atom. The van der Waals surface area contributed by atoms with Gasteiger partial charge < -0.3 is 14.4 Å². The lowest BCUT2D eigenvalue weighted by atomic mass is 10.1. The Balaban J connectivity index is 1.60. The number of carbonyl (C=O) groups excluding carboxylic acids is 1. The van der Waals surface area contributed by atoms with Crippen LogP contribution < -0.4 is 4.90 Å². The van der Waals surface area contributed by atoms with Crippen molar-refractivity contribution in [3.63, 3.8) is 0 Å². The molecule has 2 fully saturated rings. The second kappa shape index (κ2) is 8.59. The molecule has 0 bridgehead atoms. The Bertz CT molecular complexity index is 955. The molecule has 0 N–H and O–H groups in total. The number of hydrogen-bond donors (Lipinski definition) is 0. The summed E-state index contributed by atoms with van der Waals surface area (Å²) in [6, 6.07) is 13.0. The Morgan fingerprint density at radius 3 is 2.77 bits per heavy atom. The average Bonchev–Trinajstić information content (AvgIpc) is 3.19. The summed E-state index contributed by atoms with van der Waals surface area (Å²) < 4.78 is 10.6. The van der Waals surface area contributed by atoms with Gasteiger partial charge in [-0.3, -0.25) is 15.0 Å². The van der Waals surface area contributed by atoms with Crippen molar-refractivity contribution in [3.8, 4) is 0 Å². The van der Waals surface area contributed by atoms with Gasteiger partial charge in [0, 0.05) is 32.2 Å². The molecular weight excluding hydrogens is 410 g/mol. The number of halogens is 1.